The Kier molecular flexibility index (Phi) is 3.38. The van der Waals surface area contributed by atoms with Crippen molar-refractivity contribution in [3.8, 4) is 11.1 Å². The molecule has 3 rings (SSSR count). The molecule has 0 unspecified atom stereocenters. The van der Waals surface area contributed by atoms with E-state index in [-0.39, 0.29) is 11.4 Å². The molecule has 0 amide bonds. The Hall–Kier alpha value is -2.35. The maximum atomic E-state index is 14.3. The summed E-state index contributed by atoms with van der Waals surface area (Å²) < 4.78 is 16.3. The fourth-order valence-electron chi connectivity index (χ4n) is 2.58. The van der Waals surface area contributed by atoms with Gasteiger partial charge in [0.15, 0.2) is 0 Å². The standard InChI is InChI=1S/C19H18FN/c1-19(2,16-11-7-4-8-12-16)21-13-17(18(20)14-21)15-9-5-3-6-10-15/h3-14H,1-2H3. The summed E-state index contributed by atoms with van der Waals surface area (Å²) in [7, 11) is 0. The van der Waals surface area contributed by atoms with Crippen molar-refractivity contribution < 1.29 is 4.39 Å². The molecular formula is C19H18FN. The van der Waals surface area contributed by atoms with Gasteiger partial charge in [-0.15, -0.1) is 0 Å². The van der Waals surface area contributed by atoms with Crippen LogP contribution in [0.2, 0.25) is 0 Å². The van der Waals surface area contributed by atoms with Crippen LogP contribution in [0.15, 0.2) is 73.1 Å². The van der Waals surface area contributed by atoms with Crippen LogP contribution in [0.1, 0.15) is 19.4 Å². The SMILES string of the molecule is CC(C)(c1ccccc1)n1cc(F)c(-c2ccccc2)c1. The third kappa shape index (κ3) is 2.49. The summed E-state index contributed by atoms with van der Waals surface area (Å²) in [6.45, 7) is 4.19. The van der Waals surface area contributed by atoms with Crippen LogP contribution < -0.4 is 0 Å². The normalized spacial score (nSPS) is 11.6. The van der Waals surface area contributed by atoms with Crippen molar-refractivity contribution in [2.75, 3.05) is 0 Å². The molecule has 2 aromatic carbocycles. The van der Waals surface area contributed by atoms with E-state index in [1.54, 1.807) is 6.20 Å². The molecule has 1 heterocycles. The van der Waals surface area contributed by atoms with Crippen molar-refractivity contribution in [1.82, 2.24) is 4.57 Å². The molecule has 0 fully saturated rings. The van der Waals surface area contributed by atoms with Gasteiger partial charge in [-0.25, -0.2) is 4.39 Å². The minimum atomic E-state index is -0.296. The average molecular weight is 279 g/mol. The zero-order valence-electron chi connectivity index (χ0n) is 12.3. The molecule has 0 aliphatic carbocycles. The van der Waals surface area contributed by atoms with E-state index in [1.165, 1.54) is 0 Å². The van der Waals surface area contributed by atoms with Crippen LogP contribution in [-0.2, 0) is 5.54 Å². The number of benzene rings is 2. The van der Waals surface area contributed by atoms with Gasteiger partial charge in [0, 0.05) is 18.0 Å². The van der Waals surface area contributed by atoms with Gasteiger partial charge in [-0.1, -0.05) is 60.7 Å². The van der Waals surface area contributed by atoms with Crippen LogP contribution in [0, 0.1) is 5.82 Å². The van der Waals surface area contributed by atoms with Gasteiger partial charge in [0.1, 0.15) is 5.82 Å². The van der Waals surface area contributed by atoms with Crippen LogP contribution in [0.5, 0.6) is 0 Å². The monoisotopic (exact) mass is 279 g/mol. The van der Waals surface area contributed by atoms with Gasteiger partial charge in [0.25, 0.3) is 0 Å². The van der Waals surface area contributed by atoms with E-state index >= 15 is 0 Å². The minimum absolute atomic E-state index is 0.190. The number of nitrogens with zero attached hydrogens (tertiary/aromatic N) is 1. The van der Waals surface area contributed by atoms with E-state index in [2.05, 4.69) is 26.0 Å². The highest BCUT2D eigenvalue weighted by Gasteiger charge is 2.24. The van der Waals surface area contributed by atoms with E-state index in [1.807, 2.05) is 59.3 Å². The summed E-state index contributed by atoms with van der Waals surface area (Å²) in [6, 6.07) is 19.8. The van der Waals surface area contributed by atoms with Crippen molar-refractivity contribution in [3.05, 3.63) is 84.4 Å². The van der Waals surface area contributed by atoms with E-state index in [0.717, 1.165) is 11.1 Å². The Morgan fingerprint density at radius 2 is 1.38 bits per heavy atom. The van der Waals surface area contributed by atoms with Gasteiger partial charge >= 0.3 is 0 Å². The maximum absolute atomic E-state index is 14.3. The number of hydrogen-bond acceptors (Lipinski definition) is 0. The first-order valence-corrected chi connectivity index (χ1v) is 7.08. The number of halogens is 1. The lowest BCUT2D eigenvalue weighted by molar-refractivity contribution is 0.433. The lowest BCUT2D eigenvalue weighted by Gasteiger charge is -2.27. The van der Waals surface area contributed by atoms with Gasteiger partial charge in [-0.05, 0) is 25.0 Å². The quantitative estimate of drug-likeness (QED) is 0.630. The van der Waals surface area contributed by atoms with E-state index in [0.29, 0.717) is 5.56 Å². The van der Waals surface area contributed by atoms with Gasteiger partial charge < -0.3 is 4.57 Å². The van der Waals surface area contributed by atoms with Crippen molar-refractivity contribution in [1.29, 1.82) is 0 Å². The smallest absolute Gasteiger partial charge is 0.148 e. The third-order valence-electron chi connectivity index (χ3n) is 3.99. The first kappa shape index (κ1) is 13.6. The summed E-state index contributed by atoms with van der Waals surface area (Å²) in [5.74, 6) is -0.190. The number of hydrogen-bond donors (Lipinski definition) is 0. The van der Waals surface area contributed by atoms with Crippen LogP contribution in [0.3, 0.4) is 0 Å². The zero-order valence-corrected chi connectivity index (χ0v) is 12.3. The molecule has 3 aromatic rings. The molecule has 106 valence electrons. The zero-order chi connectivity index (χ0) is 14.9. The first-order valence-electron chi connectivity index (χ1n) is 7.08. The highest BCUT2D eigenvalue weighted by Crippen LogP contribution is 2.30. The van der Waals surface area contributed by atoms with Crippen molar-refractivity contribution in [2.45, 2.75) is 19.4 Å². The second-order valence-electron chi connectivity index (χ2n) is 5.72. The average Bonchev–Trinajstić information content (AvgIpc) is 2.92. The Morgan fingerprint density at radius 1 is 0.810 bits per heavy atom. The van der Waals surface area contributed by atoms with Crippen LogP contribution in [0.4, 0.5) is 4.39 Å². The molecular weight excluding hydrogens is 261 g/mol. The molecule has 0 radical (unpaired) electrons. The molecule has 0 atom stereocenters. The third-order valence-corrected chi connectivity index (χ3v) is 3.99. The van der Waals surface area contributed by atoms with Crippen molar-refractivity contribution in [3.63, 3.8) is 0 Å². The van der Waals surface area contributed by atoms with Crippen LogP contribution >= 0.6 is 0 Å². The molecule has 1 nitrogen and oxygen atoms in total. The molecule has 1 aromatic heterocycles. The van der Waals surface area contributed by atoms with E-state index in [4.69, 9.17) is 0 Å². The van der Waals surface area contributed by atoms with Gasteiger partial charge in [-0.3, -0.25) is 0 Å². The highest BCUT2D eigenvalue weighted by molar-refractivity contribution is 5.63. The molecule has 21 heavy (non-hydrogen) atoms. The predicted molar refractivity (Wildman–Crippen MR) is 84.7 cm³/mol. The van der Waals surface area contributed by atoms with Crippen molar-refractivity contribution in [2.24, 2.45) is 0 Å². The Bertz CT molecular complexity index is 727. The molecule has 0 spiro atoms. The molecule has 0 aliphatic heterocycles. The summed E-state index contributed by atoms with van der Waals surface area (Å²) in [6.07, 6.45) is 3.47. The van der Waals surface area contributed by atoms with Crippen molar-refractivity contribution >= 4 is 0 Å². The largest absolute Gasteiger partial charge is 0.341 e. The van der Waals surface area contributed by atoms with E-state index in [9.17, 15) is 4.39 Å². The minimum Gasteiger partial charge on any atom is -0.341 e. The maximum Gasteiger partial charge on any atom is 0.148 e. The topological polar surface area (TPSA) is 4.93 Å². The lowest BCUT2D eigenvalue weighted by Crippen LogP contribution is -2.26. The molecule has 0 aliphatic rings. The first-order chi connectivity index (χ1) is 10.1. The van der Waals surface area contributed by atoms with Gasteiger partial charge in [-0.2, -0.15) is 0 Å². The summed E-state index contributed by atoms with van der Waals surface area (Å²) >= 11 is 0. The Balaban J connectivity index is 2.05. The molecule has 0 saturated carbocycles. The fourth-order valence-corrected chi connectivity index (χ4v) is 2.58. The fraction of sp³-hybridized carbons (Fsp3) is 0.158. The molecule has 2 heteroatoms. The van der Waals surface area contributed by atoms with Crippen LogP contribution in [0.25, 0.3) is 11.1 Å². The number of aromatic nitrogens is 1. The number of rotatable bonds is 3. The molecule has 0 bridgehead atoms. The second kappa shape index (κ2) is 5.21. The van der Waals surface area contributed by atoms with Gasteiger partial charge in [0.2, 0.25) is 0 Å². The summed E-state index contributed by atoms with van der Waals surface area (Å²) in [5, 5.41) is 0. The van der Waals surface area contributed by atoms with Gasteiger partial charge in [0.05, 0.1) is 5.54 Å². The highest BCUT2D eigenvalue weighted by atomic mass is 19.1. The lowest BCUT2D eigenvalue weighted by atomic mass is 9.94. The van der Waals surface area contributed by atoms with Crippen LogP contribution in [-0.4, -0.2) is 4.57 Å². The predicted octanol–water partition coefficient (Wildman–Crippen LogP) is 5.08. The molecule has 0 saturated heterocycles. The Labute approximate surface area is 124 Å². The van der Waals surface area contributed by atoms with E-state index < -0.39 is 0 Å². The summed E-state index contributed by atoms with van der Waals surface area (Å²) in [4.78, 5) is 0. The Morgan fingerprint density at radius 3 is 2.00 bits per heavy atom. The second-order valence-corrected chi connectivity index (χ2v) is 5.72. The summed E-state index contributed by atoms with van der Waals surface area (Å²) in [5.41, 5.74) is 2.40. The molecule has 0 N–H and O–H groups in total.